The van der Waals surface area contributed by atoms with Crippen LogP contribution in [0.15, 0.2) is 73.1 Å². The van der Waals surface area contributed by atoms with Crippen LogP contribution in [0.25, 0.3) is 22.0 Å². The molecule has 0 saturated heterocycles. The third kappa shape index (κ3) is 6.31. The summed E-state index contributed by atoms with van der Waals surface area (Å²) >= 11 is 0. The van der Waals surface area contributed by atoms with Crippen LogP contribution in [-0.4, -0.2) is 26.7 Å². The Bertz CT molecular complexity index is 1240. The van der Waals surface area contributed by atoms with Crippen LogP contribution in [0.1, 0.15) is 45.1 Å². The standard InChI is InChI=1S/C24H25N3O.C2H6.CO2/c1-24(2,3)25-20-11-9-17(10-12-20)19-15-22(26(4)16-19)23(28)27-14-13-18-7-5-6-8-21(18)27;1-2;2-1-3/h5-16,25H,1-4H3;1-2H3;. The molecule has 2 heterocycles. The van der Waals surface area contributed by atoms with Crippen molar-refractivity contribution in [2.24, 2.45) is 7.05 Å². The first kappa shape index (κ1) is 25.4. The third-order valence-electron chi connectivity index (χ3n) is 4.78. The Labute approximate surface area is 194 Å². The van der Waals surface area contributed by atoms with Gasteiger partial charge in [-0.25, -0.2) is 0 Å². The van der Waals surface area contributed by atoms with Crippen LogP contribution in [0.5, 0.6) is 0 Å². The molecule has 6 heteroatoms. The minimum absolute atomic E-state index is 0.0212. The van der Waals surface area contributed by atoms with Crippen molar-refractivity contribution in [3.63, 3.8) is 0 Å². The number of aromatic nitrogens is 2. The lowest BCUT2D eigenvalue weighted by molar-refractivity contribution is -0.191. The number of hydrogen-bond donors (Lipinski definition) is 1. The van der Waals surface area contributed by atoms with Crippen LogP contribution in [-0.2, 0) is 16.6 Å². The zero-order valence-electron chi connectivity index (χ0n) is 20.0. The second kappa shape index (κ2) is 11.1. The Hall–Kier alpha value is -3.89. The van der Waals surface area contributed by atoms with Crippen LogP contribution >= 0.6 is 0 Å². The van der Waals surface area contributed by atoms with Gasteiger partial charge in [0.05, 0.1) is 5.52 Å². The number of aryl methyl sites for hydroxylation is 1. The molecular weight excluding hydrogens is 414 g/mol. The zero-order chi connectivity index (χ0) is 24.6. The van der Waals surface area contributed by atoms with E-state index in [2.05, 4.69) is 50.4 Å². The number of carbonyl (C=O) groups is 1. The number of para-hydroxylation sites is 1. The van der Waals surface area contributed by atoms with Gasteiger partial charge in [0.15, 0.2) is 0 Å². The molecule has 0 unspecified atom stereocenters. The van der Waals surface area contributed by atoms with Crippen molar-refractivity contribution in [3.8, 4) is 11.1 Å². The van der Waals surface area contributed by atoms with Gasteiger partial charge >= 0.3 is 6.15 Å². The summed E-state index contributed by atoms with van der Waals surface area (Å²) in [5, 5.41) is 4.53. The fraction of sp³-hybridized carbons (Fsp3) is 0.259. The van der Waals surface area contributed by atoms with E-state index < -0.39 is 0 Å². The Morgan fingerprint density at radius 2 is 1.52 bits per heavy atom. The number of nitrogens with zero attached hydrogens (tertiary/aromatic N) is 2. The van der Waals surface area contributed by atoms with Crippen LogP contribution in [0.2, 0.25) is 0 Å². The first-order valence-electron chi connectivity index (χ1n) is 10.9. The molecule has 0 saturated carbocycles. The molecule has 6 nitrogen and oxygen atoms in total. The van der Waals surface area contributed by atoms with Crippen molar-refractivity contribution in [1.29, 1.82) is 0 Å². The molecule has 2 aromatic carbocycles. The molecule has 0 aliphatic rings. The number of anilines is 1. The Kier molecular flexibility index (Phi) is 8.55. The molecule has 0 bridgehead atoms. The number of carbonyl (C=O) groups excluding carboxylic acids is 3. The first-order valence-corrected chi connectivity index (χ1v) is 10.9. The zero-order valence-corrected chi connectivity index (χ0v) is 20.0. The molecule has 0 fully saturated rings. The maximum atomic E-state index is 13.1. The van der Waals surface area contributed by atoms with Crippen molar-refractivity contribution in [1.82, 2.24) is 9.13 Å². The third-order valence-corrected chi connectivity index (χ3v) is 4.78. The van der Waals surface area contributed by atoms with E-state index in [1.165, 1.54) is 0 Å². The molecule has 0 amide bonds. The Balaban J connectivity index is 0.000000714. The molecule has 4 aromatic rings. The van der Waals surface area contributed by atoms with E-state index in [0.29, 0.717) is 5.69 Å². The maximum Gasteiger partial charge on any atom is 0.373 e. The highest BCUT2D eigenvalue weighted by atomic mass is 16.2. The lowest BCUT2D eigenvalue weighted by Crippen LogP contribution is -2.25. The molecule has 0 atom stereocenters. The summed E-state index contributed by atoms with van der Waals surface area (Å²) in [5.74, 6) is -0.0269. The molecule has 2 aromatic heterocycles. The van der Waals surface area contributed by atoms with E-state index in [9.17, 15) is 4.79 Å². The van der Waals surface area contributed by atoms with Gasteiger partial charge in [0.2, 0.25) is 0 Å². The number of rotatable bonds is 3. The quantitative estimate of drug-likeness (QED) is 0.420. The van der Waals surface area contributed by atoms with E-state index in [-0.39, 0.29) is 17.6 Å². The van der Waals surface area contributed by atoms with Crippen molar-refractivity contribution in [3.05, 3.63) is 78.8 Å². The van der Waals surface area contributed by atoms with Gasteiger partial charge in [-0.15, -0.1) is 0 Å². The van der Waals surface area contributed by atoms with E-state index in [1.54, 1.807) is 4.57 Å². The molecule has 0 radical (unpaired) electrons. The van der Waals surface area contributed by atoms with Crippen molar-refractivity contribution < 1.29 is 14.4 Å². The molecule has 0 spiro atoms. The van der Waals surface area contributed by atoms with Gasteiger partial charge in [-0.05, 0) is 56.7 Å². The topological polar surface area (TPSA) is 73.1 Å². The van der Waals surface area contributed by atoms with E-state index in [4.69, 9.17) is 9.59 Å². The maximum absolute atomic E-state index is 13.1. The van der Waals surface area contributed by atoms with Crippen LogP contribution in [0, 0.1) is 0 Å². The highest BCUT2D eigenvalue weighted by molar-refractivity contribution is 6.02. The summed E-state index contributed by atoms with van der Waals surface area (Å²) in [4.78, 5) is 29.4. The lowest BCUT2D eigenvalue weighted by atomic mass is 10.1. The van der Waals surface area contributed by atoms with E-state index in [1.807, 2.05) is 74.3 Å². The molecule has 4 rings (SSSR count). The van der Waals surface area contributed by atoms with Crippen LogP contribution in [0.4, 0.5) is 5.69 Å². The van der Waals surface area contributed by atoms with E-state index >= 15 is 0 Å². The van der Waals surface area contributed by atoms with Gasteiger partial charge < -0.3 is 9.88 Å². The summed E-state index contributed by atoms with van der Waals surface area (Å²) in [6, 6.07) is 20.2. The summed E-state index contributed by atoms with van der Waals surface area (Å²) in [6.45, 7) is 10.4. The SMILES string of the molecule is CC.Cn1cc(-c2ccc(NC(C)(C)C)cc2)cc1C(=O)n1ccc2ccccc21.O=C=O. The van der Waals surface area contributed by atoms with Gasteiger partial charge in [0.25, 0.3) is 5.91 Å². The predicted octanol–water partition coefficient (Wildman–Crippen LogP) is 5.99. The van der Waals surface area contributed by atoms with Crippen LogP contribution < -0.4 is 5.32 Å². The number of benzene rings is 2. The lowest BCUT2D eigenvalue weighted by Gasteiger charge is -2.22. The summed E-state index contributed by atoms with van der Waals surface area (Å²) in [6.07, 6.45) is 4.09. The normalized spacial score (nSPS) is 10.4. The summed E-state index contributed by atoms with van der Waals surface area (Å²) in [7, 11) is 1.91. The minimum atomic E-state index is -0.0269. The highest BCUT2D eigenvalue weighted by Gasteiger charge is 2.16. The van der Waals surface area contributed by atoms with Gasteiger partial charge in [-0.2, -0.15) is 9.59 Å². The second-order valence-corrected chi connectivity index (χ2v) is 8.31. The number of hydrogen-bond acceptors (Lipinski definition) is 4. The van der Waals surface area contributed by atoms with Gasteiger partial charge in [0.1, 0.15) is 5.69 Å². The smallest absolute Gasteiger partial charge is 0.373 e. The summed E-state index contributed by atoms with van der Waals surface area (Å²) in [5.41, 5.74) is 4.81. The Morgan fingerprint density at radius 3 is 2.12 bits per heavy atom. The molecule has 1 N–H and O–H groups in total. The predicted molar refractivity (Wildman–Crippen MR) is 132 cm³/mol. The largest absolute Gasteiger partial charge is 0.380 e. The van der Waals surface area contributed by atoms with Crippen molar-refractivity contribution in [2.75, 3.05) is 5.32 Å². The highest BCUT2D eigenvalue weighted by Crippen LogP contribution is 2.26. The minimum Gasteiger partial charge on any atom is -0.380 e. The van der Waals surface area contributed by atoms with Crippen molar-refractivity contribution in [2.45, 2.75) is 40.2 Å². The van der Waals surface area contributed by atoms with Gasteiger partial charge in [-0.1, -0.05) is 44.2 Å². The molecular formula is C27H31N3O3. The fourth-order valence-corrected chi connectivity index (χ4v) is 3.50. The fourth-order valence-electron chi connectivity index (χ4n) is 3.50. The summed E-state index contributed by atoms with van der Waals surface area (Å²) < 4.78 is 3.61. The number of fused-ring (bicyclic) bond motifs is 1. The van der Waals surface area contributed by atoms with Crippen LogP contribution in [0.3, 0.4) is 0 Å². The first-order chi connectivity index (χ1) is 15.7. The average molecular weight is 446 g/mol. The van der Waals surface area contributed by atoms with Gasteiger partial charge in [-0.3, -0.25) is 9.36 Å². The molecule has 0 aliphatic carbocycles. The molecule has 172 valence electrons. The second-order valence-electron chi connectivity index (χ2n) is 8.31. The van der Waals surface area contributed by atoms with E-state index in [0.717, 1.165) is 27.7 Å². The molecule has 33 heavy (non-hydrogen) atoms. The number of nitrogens with one attached hydrogen (secondary N) is 1. The van der Waals surface area contributed by atoms with Gasteiger partial charge in [0, 0.05) is 41.6 Å². The average Bonchev–Trinajstić information content (AvgIpc) is 3.38. The monoisotopic (exact) mass is 445 g/mol. The van der Waals surface area contributed by atoms with Crippen molar-refractivity contribution >= 4 is 28.6 Å². The molecule has 0 aliphatic heterocycles. The Morgan fingerprint density at radius 1 is 0.909 bits per heavy atom.